The molecule has 5 heteroatoms. The molecule has 2 aromatic rings. The van der Waals surface area contributed by atoms with E-state index in [-0.39, 0.29) is 12.2 Å². The zero-order chi connectivity index (χ0) is 13.9. The van der Waals surface area contributed by atoms with Crippen molar-refractivity contribution in [3.63, 3.8) is 0 Å². The van der Waals surface area contributed by atoms with Crippen LogP contribution in [0.1, 0.15) is 5.56 Å². The van der Waals surface area contributed by atoms with Crippen molar-refractivity contribution in [3.05, 3.63) is 59.9 Å². The van der Waals surface area contributed by atoms with Gasteiger partial charge in [0.1, 0.15) is 5.82 Å². The van der Waals surface area contributed by atoms with Crippen molar-refractivity contribution in [1.29, 1.82) is 0 Å². The lowest BCUT2D eigenvalue weighted by Gasteiger charge is -2.10. The van der Waals surface area contributed by atoms with Gasteiger partial charge in [-0.25, -0.2) is 12.8 Å². The topological polar surface area (TPSA) is 34.1 Å². The molecule has 0 heterocycles. The number of benzene rings is 2. The van der Waals surface area contributed by atoms with Crippen molar-refractivity contribution in [2.24, 2.45) is 0 Å². The summed E-state index contributed by atoms with van der Waals surface area (Å²) in [7, 11) is 1.55. The van der Waals surface area contributed by atoms with Crippen LogP contribution in [-0.4, -0.2) is 14.2 Å². The van der Waals surface area contributed by atoms with Gasteiger partial charge >= 0.3 is 0 Å². The molecule has 0 aliphatic carbocycles. The maximum absolute atomic E-state index is 13.9. The second kappa shape index (κ2) is 5.72. The highest BCUT2D eigenvalue weighted by Crippen LogP contribution is 2.26. The lowest BCUT2D eigenvalue weighted by atomic mass is 9.98. The molecule has 100 valence electrons. The van der Waals surface area contributed by atoms with Crippen LogP contribution in [0.5, 0.6) is 0 Å². The average Bonchev–Trinajstić information content (AvgIpc) is 2.37. The van der Waals surface area contributed by atoms with E-state index in [4.69, 9.17) is 10.7 Å². The van der Waals surface area contributed by atoms with E-state index in [9.17, 15) is 12.8 Å². The SMILES string of the molecule is O=S(=O)(Cl)CCc1c(F)cccc1-c1ccccc1. The van der Waals surface area contributed by atoms with Crippen LogP contribution >= 0.6 is 10.7 Å². The first-order valence-electron chi connectivity index (χ1n) is 5.72. The zero-order valence-corrected chi connectivity index (χ0v) is 11.6. The molecular formula is C14H12ClFO2S. The van der Waals surface area contributed by atoms with Crippen LogP contribution in [0.4, 0.5) is 4.39 Å². The Balaban J connectivity index is 2.42. The summed E-state index contributed by atoms with van der Waals surface area (Å²) >= 11 is 0. The third-order valence-corrected chi connectivity index (χ3v) is 3.95. The summed E-state index contributed by atoms with van der Waals surface area (Å²) in [6.07, 6.45) is 0.0583. The summed E-state index contributed by atoms with van der Waals surface area (Å²) in [5.41, 5.74) is 1.92. The van der Waals surface area contributed by atoms with E-state index in [1.54, 1.807) is 12.1 Å². The van der Waals surface area contributed by atoms with E-state index < -0.39 is 14.9 Å². The Kier molecular flexibility index (Phi) is 4.22. The molecule has 0 atom stereocenters. The van der Waals surface area contributed by atoms with Crippen LogP contribution in [0.15, 0.2) is 48.5 Å². The molecule has 0 spiro atoms. The largest absolute Gasteiger partial charge is 0.232 e. The van der Waals surface area contributed by atoms with Crippen LogP contribution in [0, 0.1) is 5.82 Å². The van der Waals surface area contributed by atoms with Gasteiger partial charge in [-0.15, -0.1) is 0 Å². The summed E-state index contributed by atoms with van der Waals surface area (Å²) in [6.45, 7) is 0. The van der Waals surface area contributed by atoms with Crippen molar-refractivity contribution in [2.45, 2.75) is 6.42 Å². The van der Waals surface area contributed by atoms with Gasteiger partial charge in [-0.2, -0.15) is 0 Å². The molecule has 0 aliphatic rings. The fraction of sp³-hybridized carbons (Fsp3) is 0.143. The van der Waals surface area contributed by atoms with Crippen LogP contribution in [0.25, 0.3) is 11.1 Å². The van der Waals surface area contributed by atoms with Gasteiger partial charge < -0.3 is 0 Å². The Morgan fingerprint density at radius 3 is 2.32 bits per heavy atom. The van der Waals surface area contributed by atoms with Crippen molar-refractivity contribution < 1.29 is 12.8 Å². The molecule has 0 fully saturated rings. The molecule has 0 saturated heterocycles. The van der Waals surface area contributed by atoms with E-state index in [2.05, 4.69) is 0 Å². The zero-order valence-electron chi connectivity index (χ0n) is 10.0. The highest BCUT2D eigenvalue weighted by Gasteiger charge is 2.13. The monoisotopic (exact) mass is 298 g/mol. The smallest absolute Gasteiger partial charge is 0.212 e. The van der Waals surface area contributed by atoms with Crippen molar-refractivity contribution in [3.8, 4) is 11.1 Å². The van der Waals surface area contributed by atoms with Gasteiger partial charge in [0.05, 0.1) is 5.75 Å². The van der Waals surface area contributed by atoms with Crippen LogP contribution in [0.3, 0.4) is 0 Å². The average molecular weight is 299 g/mol. The van der Waals surface area contributed by atoms with Crippen molar-refractivity contribution >= 4 is 19.7 Å². The summed E-state index contributed by atoms with van der Waals surface area (Å²) in [6, 6.07) is 14.0. The summed E-state index contributed by atoms with van der Waals surface area (Å²) in [5, 5.41) is 0. The number of halogens is 2. The highest BCUT2D eigenvalue weighted by molar-refractivity contribution is 8.13. The Hall–Kier alpha value is -1.39. The third-order valence-electron chi connectivity index (χ3n) is 2.80. The second-order valence-corrected chi connectivity index (χ2v) is 7.02. The third kappa shape index (κ3) is 3.78. The van der Waals surface area contributed by atoms with E-state index in [0.29, 0.717) is 11.1 Å². The molecule has 0 radical (unpaired) electrons. The summed E-state index contributed by atoms with van der Waals surface area (Å²) in [5.74, 6) is -0.698. The molecule has 0 bridgehead atoms. The van der Waals surface area contributed by atoms with E-state index in [1.165, 1.54) is 6.07 Å². The fourth-order valence-electron chi connectivity index (χ4n) is 1.92. The van der Waals surface area contributed by atoms with E-state index in [1.807, 2.05) is 30.3 Å². The summed E-state index contributed by atoms with van der Waals surface area (Å²) < 4.78 is 35.9. The van der Waals surface area contributed by atoms with Crippen LogP contribution < -0.4 is 0 Å². The summed E-state index contributed by atoms with van der Waals surface area (Å²) in [4.78, 5) is 0. The first-order valence-corrected chi connectivity index (χ1v) is 8.20. The Morgan fingerprint density at radius 1 is 1.00 bits per heavy atom. The molecule has 0 amide bonds. The molecule has 0 aromatic heterocycles. The first kappa shape index (κ1) is 14.0. The minimum atomic E-state index is -3.63. The van der Waals surface area contributed by atoms with Gasteiger partial charge in [-0.1, -0.05) is 42.5 Å². The van der Waals surface area contributed by atoms with E-state index >= 15 is 0 Å². The van der Waals surface area contributed by atoms with Gasteiger partial charge in [0, 0.05) is 10.7 Å². The second-order valence-electron chi connectivity index (χ2n) is 4.12. The predicted octanol–water partition coefficient (Wildman–Crippen LogP) is 3.60. The standard InChI is InChI=1S/C14H12ClFO2S/c15-19(17,18)10-9-13-12(7-4-8-14(13)16)11-5-2-1-3-6-11/h1-8H,9-10H2. The molecular weight excluding hydrogens is 287 g/mol. The van der Waals surface area contributed by atoms with E-state index in [0.717, 1.165) is 5.56 Å². The number of rotatable bonds is 4. The van der Waals surface area contributed by atoms with Crippen molar-refractivity contribution in [1.82, 2.24) is 0 Å². The Bertz CT molecular complexity index is 669. The molecule has 2 nitrogen and oxygen atoms in total. The molecule has 2 rings (SSSR count). The minimum absolute atomic E-state index is 0.0583. The first-order chi connectivity index (χ1) is 8.97. The quantitative estimate of drug-likeness (QED) is 0.808. The van der Waals surface area contributed by atoms with Crippen LogP contribution in [0.2, 0.25) is 0 Å². The number of hydrogen-bond donors (Lipinski definition) is 0. The Morgan fingerprint density at radius 2 is 1.68 bits per heavy atom. The van der Waals surface area contributed by atoms with Gasteiger partial charge in [0.2, 0.25) is 9.05 Å². The molecule has 0 aliphatic heterocycles. The molecule has 0 saturated carbocycles. The van der Waals surface area contributed by atoms with Gasteiger partial charge in [-0.05, 0) is 29.2 Å². The van der Waals surface area contributed by atoms with Gasteiger partial charge in [0.15, 0.2) is 0 Å². The lowest BCUT2D eigenvalue weighted by molar-refractivity contribution is 0.602. The number of hydrogen-bond acceptors (Lipinski definition) is 2. The highest BCUT2D eigenvalue weighted by atomic mass is 35.7. The minimum Gasteiger partial charge on any atom is -0.212 e. The molecule has 0 unspecified atom stereocenters. The molecule has 2 aromatic carbocycles. The fourth-order valence-corrected chi connectivity index (χ4v) is 2.60. The Labute approximate surface area is 116 Å². The van der Waals surface area contributed by atoms with Gasteiger partial charge in [0.25, 0.3) is 0 Å². The lowest BCUT2D eigenvalue weighted by Crippen LogP contribution is -2.04. The maximum Gasteiger partial charge on any atom is 0.232 e. The molecule has 0 N–H and O–H groups in total. The normalized spacial score (nSPS) is 11.5. The molecule has 19 heavy (non-hydrogen) atoms. The van der Waals surface area contributed by atoms with Gasteiger partial charge in [-0.3, -0.25) is 0 Å². The van der Waals surface area contributed by atoms with Crippen LogP contribution in [-0.2, 0) is 15.5 Å². The maximum atomic E-state index is 13.9. The predicted molar refractivity (Wildman–Crippen MR) is 75.2 cm³/mol. The van der Waals surface area contributed by atoms with Crippen molar-refractivity contribution in [2.75, 3.05) is 5.75 Å².